The van der Waals surface area contributed by atoms with E-state index in [-0.39, 0.29) is 18.0 Å². The summed E-state index contributed by atoms with van der Waals surface area (Å²) in [6, 6.07) is 16.5. The summed E-state index contributed by atoms with van der Waals surface area (Å²) in [4.78, 5) is 4.34. The fourth-order valence-electron chi connectivity index (χ4n) is 3.23. The van der Waals surface area contributed by atoms with Gasteiger partial charge in [0.25, 0.3) is 0 Å². The number of benzene rings is 2. The van der Waals surface area contributed by atoms with E-state index in [4.69, 9.17) is 10.5 Å². The first-order chi connectivity index (χ1) is 12.1. The number of methoxy groups -OCH3 is 1. The van der Waals surface area contributed by atoms with Crippen molar-refractivity contribution in [2.24, 2.45) is 0 Å². The van der Waals surface area contributed by atoms with Crippen LogP contribution in [0.2, 0.25) is 0 Å². The highest BCUT2D eigenvalue weighted by molar-refractivity contribution is 9.10. The summed E-state index contributed by atoms with van der Waals surface area (Å²) >= 11 is 3.49. The summed E-state index contributed by atoms with van der Waals surface area (Å²) in [5.74, 6) is 1.78. The molecule has 0 fully saturated rings. The minimum atomic E-state index is 0.0322. The van der Waals surface area contributed by atoms with E-state index in [1.165, 1.54) is 5.56 Å². The minimum absolute atomic E-state index is 0.0322. The lowest BCUT2D eigenvalue weighted by Gasteiger charge is -2.31. The van der Waals surface area contributed by atoms with Gasteiger partial charge in [-0.15, -0.1) is 5.10 Å². The zero-order valence-corrected chi connectivity index (χ0v) is 15.3. The first-order valence-electron chi connectivity index (χ1n) is 8.02. The molecule has 0 amide bonds. The van der Waals surface area contributed by atoms with Crippen LogP contribution in [0.25, 0.3) is 0 Å². The van der Waals surface area contributed by atoms with Gasteiger partial charge in [0.15, 0.2) is 0 Å². The number of anilines is 2. The number of ether oxygens (including phenoxy) is 1. The Balaban J connectivity index is 1.75. The molecule has 128 valence electrons. The summed E-state index contributed by atoms with van der Waals surface area (Å²) in [5.41, 5.74) is 8.16. The van der Waals surface area contributed by atoms with Crippen LogP contribution >= 0.6 is 15.9 Å². The van der Waals surface area contributed by atoms with Gasteiger partial charge in [0, 0.05) is 4.47 Å². The number of nitrogens with zero attached hydrogens (tertiary/aromatic N) is 3. The molecule has 1 aromatic heterocycles. The molecule has 0 bridgehead atoms. The van der Waals surface area contributed by atoms with Crippen LogP contribution in [-0.4, -0.2) is 21.9 Å². The van der Waals surface area contributed by atoms with Gasteiger partial charge >= 0.3 is 0 Å². The lowest BCUT2D eigenvalue weighted by Crippen LogP contribution is -2.28. The van der Waals surface area contributed by atoms with Crippen molar-refractivity contribution in [3.05, 3.63) is 64.1 Å². The third kappa shape index (κ3) is 3.07. The fourth-order valence-corrected chi connectivity index (χ4v) is 3.50. The lowest BCUT2D eigenvalue weighted by molar-refractivity contribution is 0.407. The maximum Gasteiger partial charge on any atom is 0.241 e. The fraction of sp³-hybridized carbons (Fsp3) is 0.222. The minimum Gasteiger partial charge on any atom is -0.497 e. The molecule has 0 aliphatic carbocycles. The molecule has 0 saturated heterocycles. The third-order valence-corrected chi connectivity index (χ3v) is 4.98. The topological polar surface area (TPSA) is 78.0 Å². The van der Waals surface area contributed by atoms with Crippen molar-refractivity contribution in [3.63, 3.8) is 0 Å². The van der Waals surface area contributed by atoms with Crippen molar-refractivity contribution in [2.75, 3.05) is 18.2 Å². The molecule has 3 aromatic rings. The second-order valence-electron chi connectivity index (χ2n) is 6.01. The van der Waals surface area contributed by atoms with Crippen LogP contribution in [0.15, 0.2) is 53.0 Å². The van der Waals surface area contributed by atoms with Crippen LogP contribution < -0.4 is 15.8 Å². The van der Waals surface area contributed by atoms with Crippen molar-refractivity contribution >= 4 is 27.8 Å². The standard InChI is InChI=1S/C18H18BrN5O/c1-25-14-4-2-3-12(9-14)16-10-15(11-5-7-13(19)8-6-11)21-18-22-17(20)23-24(16)18/h2-9,15-16H,10H2,1H3,(H3,20,21,22,23)/t15-,16+/m0/s1. The van der Waals surface area contributed by atoms with Crippen LogP contribution in [0.4, 0.5) is 11.9 Å². The molecule has 0 radical (unpaired) electrons. The average molecular weight is 400 g/mol. The molecular formula is C18H18BrN5O. The van der Waals surface area contributed by atoms with Gasteiger partial charge in [-0.3, -0.25) is 0 Å². The number of halogens is 1. The SMILES string of the molecule is COc1cccc([C@H]2C[C@@H](c3ccc(Br)cc3)Nc3nc(N)nn32)c1. The average Bonchev–Trinajstić information content (AvgIpc) is 3.01. The van der Waals surface area contributed by atoms with Crippen LogP contribution in [0.3, 0.4) is 0 Å². The van der Waals surface area contributed by atoms with Gasteiger partial charge in [0.1, 0.15) is 5.75 Å². The molecule has 25 heavy (non-hydrogen) atoms. The number of hydrogen-bond acceptors (Lipinski definition) is 5. The third-order valence-electron chi connectivity index (χ3n) is 4.46. The van der Waals surface area contributed by atoms with Crippen molar-refractivity contribution in [2.45, 2.75) is 18.5 Å². The Morgan fingerprint density at radius 1 is 1.20 bits per heavy atom. The molecule has 1 aliphatic rings. The molecule has 3 N–H and O–H groups in total. The largest absolute Gasteiger partial charge is 0.497 e. The number of nitrogens with one attached hydrogen (secondary N) is 1. The van der Waals surface area contributed by atoms with E-state index in [0.29, 0.717) is 5.95 Å². The Bertz CT molecular complexity index is 893. The van der Waals surface area contributed by atoms with E-state index in [2.05, 4.69) is 49.5 Å². The number of aromatic nitrogens is 3. The molecule has 6 nitrogen and oxygen atoms in total. The molecular weight excluding hydrogens is 382 g/mol. The van der Waals surface area contributed by atoms with Crippen molar-refractivity contribution in [3.8, 4) is 5.75 Å². The van der Waals surface area contributed by atoms with Crippen LogP contribution in [0.1, 0.15) is 29.6 Å². The molecule has 0 saturated carbocycles. The van der Waals surface area contributed by atoms with Crippen LogP contribution in [-0.2, 0) is 0 Å². The lowest BCUT2D eigenvalue weighted by atomic mass is 9.93. The van der Waals surface area contributed by atoms with Crippen LogP contribution in [0.5, 0.6) is 5.75 Å². The van der Waals surface area contributed by atoms with Gasteiger partial charge in [0.05, 0.1) is 19.2 Å². The predicted octanol–water partition coefficient (Wildman–Crippen LogP) is 3.78. The highest BCUT2D eigenvalue weighted by Gasteiger charge is 2.31. The van der Waals surface area contributed by atoms with Gasteiger partial charge < -0.3 is 15.8 Å². The van der Waals surface area contributed by atoms with E-state index in [0.717, 1.165) is 22.2 Å². The van der Waals surface area contributed by atoms with Gasteiger partial charge in [0.2, 0.25) is 11.9 Å². The number of fused-ring (bicyclic) bond motifs is 1. The van der Waals surface area contributed by atoms with Crippen molar-refractivity contribution in [1.29, 1.82) is 0 Å². The summed E-state index contributed by atoms with van der Waals surface area (Å²) < 4.78 is 8.29. The Morgan fingerprint density at radius 2 is 2.00 bits per heavy atom. The maximum atomic E-state index is 5.84. The van der Waals surface area contributed by atoms with Gasteiger partial charge in [-0.05, 0) is 41.8 Å². The summed E-state index contributed by atoms with van der Waals surface area (Å²) in [5, 5.41) is 7.82. The summed E-state index contributed by atoms with van der Waals surface area (Å²) in [7, 11) is 1.67. The zero-order valence-electron chi connectivity index (χ0n) is 13.7. The van der Waals surface area contributed by atoms with Crippen molar-refractivity contribution in [1.82, 2.24) is 14.8 Å². The van der Waals surface area contributed by atoms with Gasteiger partial charge in [-0.2, -0.15) is 4.98 Å². The van der Waals surface area contributed by atoms with E-state index in [1.54, 1.807) is 7.11 Å². The van der Waals surface area contributed by atoms with Gasteiger partial charge in [-0.25, -0.2) is 4.68 Å². The Kier molecular flexibility index (Phi) is 4.09. The highest BCUT2D eigenvalue weighted by Crippen LogP contribution is 2.38. The quantitative estimate of drug-likeness (QED) is 0.700. The molecule has 0 spiro atoms. The Hall–Kier alpha value is -2.54. The first-order valence-corrected chi connectivity index (χ1v) is 8.81. The van der Waals surface area contributed by atoms with Crippen LogP contribution in [0, 0.1) is 0 Å². The summed E-state index contributed by atoms with van der Waals surface area (Å²) in [6.07, 6.45) is 0.838. The molecule has 0 unspecified atom stereocenters. The normalized spacial score (nSPS) is 19.1. The molecule has 2 aromatic carbocycles. The second kappa shape index (κ2) is 6.40. The molecule has 2 atom stereocenters. The van der Waals surface area contributed by atoms with E-state index in [9.17, 15) is 0 Å². The molecule has 2 heterocycles. The first kappa shape index (κ1) is 16.0. The molecule has 7 heteroatoms. The predicted molar refractivity (Wildman–Crippen MR) is 101 cm³/mol. The molecule has 1 aliphatic heterocycles. The monoisotopic (exact) mass is 399 g/mol. The number of hydrogen-bond donors (Lipinski definition) is 2. The number of rotatable bonds is 3. The number of nitrogens with two attached hydrogens (primary N) is 1. The zero-order chi connectivity index (χ0) is 17.4. The maximum absolute atomic E-state index is 5.84. The van der Waals surface area contributed by atoms with E-state index in [1.807, 2.05) is 35.0 Å². The smallest absolute Gasteiger partial charge is 0.241 e. The number of nitrogen functional groups attached to an aromatic ring is 1. The second-order valence-corrected chi connectivity index (χ2v) is 6.93. The summed E-state index contributed by atoms with van der Waals surface area (Å²) in [6.45, 7) is 0. The Morgan fingerprint density at radius 3 is 2.76 bits per heavy atom. The van der Waals surface area contributed by atoms with E-state index < -0.39 is 0 Å². The highest BCUT2D eigenvalue weighted by atomic mass is 79.9. The van der Waals surface area contributed by atoms with E-state index >= 15 is 0 Å². The van der Waals surface area contributed by atoms with Gasteiger partial charge in [-0.1, -0.05) is 40.2 Å². The molecule has 4 rings (SSSR count). The van der Waals surface area contributed by atoms with Crippen molar-refractivity contribution < 1.29 is 4.74 Å². The Labute approximate surface area is 154 Å².